The summed E-state index contributed by atoms with van der Waals surface area (Å²) in [5, 5.41) is 18.3. The lowest BCUT2D eigenvalue weighted by Gasteiger charge is -2.13. The van der Waals surface area contributed by atoms with E-state index in [0.717, 1.165) is 12.0 Å². The van der Waals surface area contributed by atoms with Crippen LogP contribution in [0.2, 0.25) is 5.02 Å². The van der Waals surface area contributed by atoms with Crippen molar-refractivity contribution in [2.45, 2.75) is 6.42 Å². The molecule has 0 aromatic heterocycles. The Balaban J connectivity index is 1.52. The Morgan fingerprint density at radius 3 is 2.48 bits per heavy atom. The van der Waals surface area contributed by atoms with E-state index < -0.39 is 11.7 Å². The molecule has 0 bridgehead atoms. The quantitative estimate of drug-likeness (QED) is 0.452. The molecule has 0 spiro atoms. The number of anilines is 2. The molecule has 0 saturated heterocycles. The number of halogens is 2. The predicted molar refractivity (Wildman–Crippen MR) is 125 cm³/mol. The molecule has 3 N–H and O–H groups in total. The molecule has 0 heterocycles. The molecule has 0 aliphatic heterocycles. The second kappa shape index (κ2) is 10.5. The van der Waals surface area contributed by atoms with Gasteiger partial charge in [-0.2, -0.15) is 5.26 Å². The van der Waals surface area contributed by atoms with Crippen molar-refractivity contribution in [3.05, 3.63) is 94.3 Å². The molecule has 3 aromatic carbocycles. The van der Waals surface area contributed by atoms with Gasteiger partial charge in [-0.1, -0.05) is 35.9 Å². The second-order valence-corrected chi connectivity index (χ2v) is 7.38. The summed E-state index contributed by atoms with van der Waals surface area (Å²) in [6, 6.07) is 20.1. The van der Waals surface area contributed by atoms with Crippen LogP contribution in [0, 0.1) is 17.1 Å². The first-order valence-electron chi connectivity index (χ1n) is 9.35. The monoisotopic (exact) mass is 452 g/mol. The highest BCUT2D eigenvalue weighted by Gasteiger charge is 2.13. The number of rotatable bonds is 6. The van der Waals surface area contributed by atoms with Gasteiger partial charge in [0.25, 0.3) is 5.91 Å². The number of hydrogen-bond acceptors (Lipinski definition) is 3. The molecule has 8 heteroatoms. The molecule has 0 saturated carbocycles. The summed E-state index contributed by atoms with van der Waals surface area (Å²) in [7, 11) is 0. The lowest BCUT2D eigenvalue weighted by Crippen LogP contribution is -2.30. The first-order chi connectivity index (χ1) is 15.0. The van der Waals surface area contributed by atoms with E-state index >= 15 is 0 Å². The summed E-state index contributed by atoms with van der Waals surface area (Å²) < 4.78 is 13.8. The summed E-state index contributed by atoms with van der Waals surface area (Å²) in [6.45, 7) is 0.613. The van der Waals surface area contributed by atoms with Crippen molar-refractivity contribution in [3.63, 3.8) is 0 Å². The lowest BCUT2D eigenvalue weighted by atomic mass is 10.1. The smallest absolute Gasteiger partial charge is 0.258 e. The number of nitrogens with one attached hydrogen (secondary N) is 3. The Hall–Kier alpha value is -3.47. The van der Waals surface area contributed by atoms with Gasteiger partial charge in [0.05, 0.1) is 27.9 Å². The van der Waals surface area contributed by atoms with E-state index in [1.165, 1.54) is 18.2 Å². The molecule has 3 rings (SSSR count). The molecule has 3 aromatic rings. The van der Waals surface area contributed by atoms with Gasteiger partial charge in [-0.05, 0) is 66.7 Å². The molecule has 156 valence electrons. The molecule has 31 heavy (non-hydrogen) atoms. The molecule has 0 aliphatic rings. The van der Waals surface area contributed by atoms with Crippen molar-refractivity contribution in [3.8, 4) is 6.07 Å². The van der Waals surface area contributed by atoms with Crippen molar-refractivity contribution in [1.82, 2.24) is 5.32 Å². The highest BCUT2D eigenvalue weighted by atomic mass is 35.5. The molecule has 0 aliphatic carbocycles. The van der Waals surface area contributed by atoms with Crippen LogP contribution in [-0.4, -0.2) is 17.6 Å². The van der Waals surface area contributed by atoms with Crippen LogP contribution in [-0.2, 0) is 6.42 Å². The molecule has 0 radical (unpaired) electrons. The van der Waals surface area contributed by atoms with Gasteiger partial charge in [0.1, 0.15) is 5.82 Å². The van der Waals surface area contributed by atoms with Gasteiger partial charge in [0.15, 0.2) is 5.11 Å². The standard InChI is InChI=1S/C23H18ClFN4OS/c24-19-13-17(9-10-21(19)29-22(30)18-3-1-2-4-20(18)25)28-23(31)27-12-11-15-5-7-16(14-26)8-6-15/h1-10,13H,11-12H2,(H,29,30)(H2,27,28,31). The van der Waals surface area contributed by atoms with E-state index in [0.29, 0.717) is 28.6 Å². The second-order valence-electron chi connectivity index (χ2n) is 6.57. The third kappa shape index (κ3) is 6.25. The third-order valence-corrected chi connectivity index (χ3v) is 4.94. The fourth-order valence-corrected chi connectivity index (χ4v) is 3.22. The van der Waals surface area contributed by atoms with Gasteiger partial charge >= 0.3 is 0 Å². The molecular formula is C23H18ClFN4OS. The summed E-state index contributed by atoms with van der Waals surface area (Å²) >= 11 is 11.6. The Bertz CT molecular complexity index is 1150. The van der Waals surface area contributed by atoms with Gasteiger partial charge < -0.3 is 16.0 Å². The maximum Gasteiger partial charge on any atom is 0.258 e. The summed E-state index contributed by atoms with van der Waals surface area (Å²) in [4.78, 5) is 12.2. The zero-order chi connectivity index (χ0) is 22.2. The molecule has 1 amide bonds. The third-order valence-electron chi connectivity index (χ3n) is 4.38. The minimum absolute atomic E-state index is 0.0617. The maximum atomic E-state index is 13.8. The van der Waals surface area contributed by atoms with E-state index in [1.54, 1.807) is 36.4 Å². The van der Waals surface area contributed by atoms with Gasteiger partial charge in [0, 0.05) is 12.2 Å². The van der Waals surface area contributed by atoms with E-state index in [1.807, 2.05) is 12.1 Å². The first kappa shape index (κ1) is 22.2. The van der Waals surface area contributed by atoms with Gasteiger partial charge in [0.2, 0.25) is 0 Å². The fraction of sp³-hybridized carbons (Fsp3) is 0.0870. The van der Waals surface area contributed by atoms with E-state index in [4.69, 9.17) is 29.1 Å². The van der Waals surface area contributed by atoms with Crippen LogP contribution in [0.15, 0.2) is 66.7 Å². The lowest BCUT2D eigenvalue weighted by molar-refractivity contribution is 0.102. The van der Waals surface area contributed by atoms with Gasteiger partial charge in [-0.3, -0.25) is 4.79 Å². The van der Waals surface area contributed by atoms with Crippen LogP contribution < -0.4 is 16.0 Å². The van der Waals surface area contributed by atoms with E-state index in [2.05, 4.69) is 22.0 Å². The number of carbonyl (C=O) groups is 1. The van der Waals surface area contributed by atoms with Crippen molar-refractivity contribution in [2.75, 3.05) is 17.2 Å². The van der Waals surface area contributed by atoms with Crippen molar-refractivity contribution in [1.29, 1.82) is 5.26 Å². The number of thiocarbonyl (C=S) groups is 1. The van der Waals surface area contributed by atoms with E-state index in [-0.39, 0.29) is 10.6 Å². The number of hydrogen-bond donors (Lipinski definition) is 3. The van der Waals surface area contributed by atoms with Gasteiger partial charge in [-0.15, -0.1) is 0 Å². The van der Waals surface area contributed by atoms with Gasteiger partial charge in [-0.25, -0.2) is 4.39 Å². The normalized spacial score (nSPS) is 10.1. The number of nitrogens with zero attached hydrogens (tertiary/aromatic N) is 1. The summed E-state index contributed by atoms with van der Waals surface area (Å²) in [5.74, 6) is -1.19. The Labute approximate surface area is 189 Å². The largest absolute Gasteiger partial charge is 0.362 e. The molecular weight excluding hydrogens is 435 g/mol. The van der Waals surface area contributed by atoms with E-state index in [9.17, 15) is 9.18 Å². The molecule has 0 atom stereocenters. The van der Waals surface area contributed by atoms with Crippen molar-refractivity contribution < 1.29 is 9.18 Å². The predicted octanol–water partition coefficient (Wildman–Crippen LogP) is 5.13. The minimum Gasteiger partial charge on any atom is -0.362 e. The highest BCUT2D eigenvalue weighted by Crippen LogP contribution is 2.26. The van der Waals surface area contributed by atoms with Crippen LogP contribution in [0.3, 0.4) is 0 Å². The van der Waals surface area contributed by atoms with Crippen LogP contribution in [0.5, 0.6) is 0 Å². The highest BCUT2D eigenvalue weighted by molar-refractivity contribution is 7.80. The Morgan fingerprint density at radius 2 is 1.81 bits per heavy atom. The zero-order valence-corrected chi connectivity index (χ0v) is 17.9. The average Bonchev–Trinajstić information content (AvgIpc) is 2.76. The minimum atomic E-state index is -0.605. The maximum absolute atomic E-state index is 13.8. The first-order valence-corrected chi connectivity index (χ1v) is 10.1. The fourth-order valence-electron chi connectivity index (χ4n) is 2.77. The summed E-state index contributed by atoms with van der Waals surface area (Å²) in [6.07, 6.45) is 0.745. The number of benzene rings is 3. The number of amides is 1. The number of carbonyl (C=O) groups excluding carboxylic acids is 1. The molecule has 0 unspecified atom stereocenters. The van der Waals surface area contributed by atoms with Crippen LogP contribution in [0.4, 0.5) is 15.8 Å². The SMILES string of the molecule is N#Cc1ccc(CCNC(=S)Nc2ccc(NC(=O)c3ccccc3F)c(Cl)c2)cc1. The molecule has 5 nitrogen and oxygen atoms in total. The topological polar surface area (TPSA) is 77.0 Å². The Morgan fingerprint density at radius 1 is 1.06 bits per heavy atom. The van der Waals surface area contributed by atoms with Crippen LogP contribution >= 0.6 is 23.8 Å². The summed E-state index contributed by atoms with van der Waals surface area (Å²) in [5.41, 5.74) is 2.66. The zero-order valence-electron chi connectivity index (χ0n) is 16.3. The Kier molecular flexibility index (Phi) is 7.55. The average molecular weight is 453 g/mol. The van der Waals surface area contributed by atoms with Crippen LogP contribution in [0.25, 0.3) is 0 Å². The number of nitriles is 1. The molecule has 0 fully saturated rings. The van der Waals surface area contributed by atoms with Crippen molar-refractivity contribution >= 4 is 46.2 Å². The van der Waals surface area contributed by atoms with Crippen LogP contribution in [0.1, 0.15) is 21.5 Å². The van der Waals surface area contributed by atoms with Crippen molar-refractivity contribution in [2.24, 2.45) is 0 Å².